The maximum Gasteiger partial charge on any atom is 0.332 e. The summed E-state index contributed by atoms with van der Waals surface area (Å²) in [5.41, 5.74) is 0.316. The molecular weight excluding hydrogens is 375 g/mol. The quantitative estimate of drug-likeness (QED) is 0.498. The molecule has 27 heavy (non-hydrogen) atoms. The van der Waals surface area contributed by atoms with Crippen molar-refractivity contribution in [3.05, 3.63) is 56.0 Å². The Bertz CT molecular complexity index is 1330. The van der Waals surface area contributed by atoms with Gasteiger partial charge in [-0.1, -0.05) is 6.07 Å². The van der Waals surface area contributed by atoms with Gasteiger partial charge < -0.3 is 9.13 Å². The number of para-hydroxylation sites is 1. The second-order valence-electron chi connectivity index (χ2n) is 6.22. The number of hydrogen-bond donors (Lipinski definition) is 0. The molecule has 3 heterocycles. The van der Waals surface area contributed by atoms with Gasteiger partial charge in [-0.15, -0.1) is 0 Å². The molecule has 3 aromatic heterocycles. The van der Waals surface area contributed by atoms with E-state index in [4.69, 9.17) is 11.6 Å². The summed E-state index contributed by atoms with van der Waals surface area (Å²) >= 11 is 6.27. The lowest BCUT2D eigenvalue weighted by atomic mass is 10.3. The average molecular weight is 391 g/mol. The van der Waals surface area contributed by atoms with E-state index in [2.05, 4.69) is 9.97 Å². The maximum absolute atomic E-state index is 14.1. The van der Waals surface area contributed by atoms with Crippen molar-refractivity contribution in [2.24, 2.45) is 14.1 Å². The average Bonchev–Trinajstić information content (AvgIpc) is 3.17. The number of hydrogen-bond acceptors (Lipinski definition) is 4. The third-order valence-electron chi connectivity index (χ3n) is 4.73. The van der Waals surface area contributed by atoms with Crippen LogP contribution in [0.15, 0.2) is 27.8 Å². The number of aryl methyl sites for hydroxylation is 2. The van der Waals surface area contributed by atoms with E-state index in [1.807, 2.05) is 11.5 Å². The number of nitrogens with zero attached hydrogens (tertiary/aromatic N) is 6. The Kier molecular flexibility index (Phi) is 3.92. The summed E-state index contributed by atoms with van der Waals surface area (Å²) in [6.45, 7) is 2.60. The van der Waals surface area contributed by atoms with Crippen molar-refractivity contribution in [1.29, 1.82) is 0 Å². The summed E-state index contributed by atoms with van der Waals surface area (Å²) in [4.78, 5) is 33.3. The van der Waals surface area contributed by atoms with Gasteiger partial charge >= 0.3 is 5.69 Å². The van der Waals surface area contributed by atoms with Gasteiger partial charge in [-0.05, 0) is 30.7 Å². The van der Waals surface area contributed by atoms with Gasteiger partial charge in [-0.2, -0.15) is 4.98 Å². The van der Waals surface area contributed by atoms with Crippen molar-refractivity contribution >= 4 is 33.8 Å². The monoisotopic (exact) mass is 390 g/mol. The second kappa shape index (κ2) is 6.05. The van der Waals surface area contributed by atoms with Crippen LogP contribution in [-0.2, 0) is 27.2 Å². The normalized spacial score (nSPS) is 11.7. The number of rotatable bonds is 3. The van der Waals surface area contributed by atoms with E-state index in [9.17, 15) is 14.0 Å². The lowest BCUT2D eigenvalue weighted by Crippen LogP contribution is -2.37. The number of aromatic nitrogens is 6. The number of benzene rings is 1. The van der Waals surface area contributed by atoms with E-state index >= 15 is 0 Å². The van der Waals surface area contributed by atoms with Crippen LogP contribution in [0.5, 0.6) is 0 Å². The van der Waals surface area contributed by atoms with E-state index in [1.54, 1.807) is 12.1 Å². The molecular formula is C17H16ClFN6O2. The Morgan fingerprint density at radius 3 is 2.56 bits per heavy atom. The molecule has 0 saturated heterocycles. The van der Waals surface area contributed by atoms with Crippen LogP contribution in [0, 0.1) is 5.82 Å². The molecule has 0 aliphatic rings. The fourth-order valence-corrected chi connectivity index (χ4v) is 3.56. The first-order valence-electron chi connectivity index (χ1n) is 8.30. The summed E-state index contributed by atoms with van der Waals surface area (Å²) < 4.78 is 19.7. The molecule has 0 amide bonds. The van der Waals surface area contributed by atoms with Crippen molar-refractivity contribution < 1.29 is 4.39 Å². The summed E-state index contributed by atoms with van der Waals surface area (Å²) in [7, 11) is 2.92. The molecule has 0 aliphatic carbocycles. The van der Waals surface area contributed by atoms with E-state index < -0.39 is 17.1 Å². The first kappa shape index (κ1) is 17.5. The smallest absolute Gasteiger partial charge is 0.327 e. The topological polar surface area (TPSA) is 79.6 Å². The Hall–Kier alpha value is -2.94. The molecule has 4 rings (SSSR count). The molecule has 0 unspecified atom stereocenters. The molecule has 0 N–H and O–H groups in total. The third kappa shape index (κ3) is 2.42. The number of fused-ring (bicyclic) bond motifs is 2. The largest absolute Gasteiger partial charge is 0.332 e. The van der Waals surface area contributed by atoms with Crippen LogP contribution in [0.1, 0.15) is 12.7 Å². The van der Waals surface area contributed by atoms with E-state index in [-0.39, 0.29) is 28.5 Å². The van der Waals surface area contributed by atoms with Gasteiger partial charge in [-0.3, -0.25) is 13.9 Å². The number of imidazole rings is 2. The molecule has 0 fully saturated rings. The Balaban J connectivity index is 1.99. The van der Waals surface area contributed by atoms with Crippen LogP contribution in [0.25, 0.3) is 22.2 Å². The van der Waals surface area contributed by atoms with Crippen LogP contribution in [-0.4, -0.2) is 28.2 Å². The highest BCUT2D eigenvalue weighted by Gasteiger charge is 2.21. The van der Waals surface area contributed by atoms with Crippen molar-refractivity contribution in [3.8, 4) is 0 Å². The van der Waals surface area contributed by atoms with Gasteiger partial charge in [0.15, 0.2) is 17.0 Å². The molecule has 10 heteroatoms. The molecule has 140 valence electrons. The van der Waals surface area contributed by atoms with E-state index in [1.165, 1.54) is 29.3 Å². The summed E-state index contributed by atoms with van der Waals surface area (Å²) in [6.07, 6.45) is 0. The molecule has 0 atom stereocenters. The van der Waals surface area contributed by atoms with Crippen LogP contribution in [0.3, 0.4) is 0 Å². The van der Waals surface area contributed by atoms with Gasteiger partial charge in [0.25, 0.3) is 5.56 Å². The lowest BCUT2D eigenvalue weighted by Gasteiger charge is -2.09. The predicted octanol–water partition coefficient (Wildman–Crippen LogP) is 1.64. The zero-order valence-electron chi connectivity index (χ0n) is 14.9. The van der Waals surface area contributed by atoms with Crippen LogP contribution in [0.4, 0.5) is 4.39 Å². The molecule has 0 spiro atoms. The maximum atomic E-state index is 14.1. The van der Waals surface area contributed by atoms with E-state index in [0.29, 0.717) is 17.9 Å². The van der Waals surface area contributed by atoms with Crippen LogP contribution >= 0.6 is 11.6 Å². The second-order valence-corrected chi connectivity index (χ2v) is 6.56. The summed E-state index contributed by atoms with van der Waals surface area (Å²) in [5, 5.41) is 0.0541. The molecule has 0 radical (unpaired) electrons. The van der Waals surface area contributed by atoms with Crippen molar-refractivity contribution in [1.82, 2.24) is 28.2 Å². The van der Waals surface area contributed by atoms with Crippen LogP contribution < -0.4 is 11.2 Å². The predicted molar refractivity (Wildman–Crippen MR) is 99.7 cm³/mol. The molecule has 0 saturated carbocycles. The van der Waals surface area contributed by atoms with Crippen molar-refractivity contribution in [2.75, 3.05) is 0 Å². The van der Waals surface area contributed by atoms with Gasteiger partial charge in [0.1, 0.15) is 11.3 Å². The highest BCUT2D eigenvalue weighted by Crippen LogP contribution is 2.22. The Labute approximate surface area is 157 Å². The first-order valence-corrected chi connectivity index (χ1v) is 8.68. The molecule has 8 nitrogen and oxygen atoms in total. The summed E-state index contributed by atoms with van der Waals surface area (Å²) in [6, 6.07) is 4.76. The molecule has 0 aliphatic heterocycles. The SMILES string of the molecule is CCn1c(Cn2c(Cl)nc3c2c(=O)n(C)c(=O)n3C)nc2c(F)cccc21. The zero-order valence-corrected chi connectivity index (χ0v) is 15.7. The first-order chi connectivity index (χ1) is 12.8. The zero-order chi connectivity index (χ0) is 19.5. The van der Waals surface area contributed by atoms with Gasteiger partial charge in [-0.25, -0.2) is 14.2 Å². The minimum atomic E-state index is -0.502. The highest BCUT2D eigenvalue weighted by atomic mass is 35.5. The fourth-order valence-electron chi connectivity index (χ4n) is 3.34. The molecule has 0 bridgehead atoms. The third-order valence-corrected chi connectivity index (χ3v) is 5.01. The van der Waals surface area contributed by atoms with E-state index in [0.717, 1.165) is 4.57 Å². The number of halogens is 2. The van der Waals surface area contributed by atoms with Gasteiger partial charge in [0, 0.05) is 20.6 Å². The summed E-state index contributed by atoms with van der Waals surface area (Å²) in [5.74, 6) is 0.121. The fraction of sp³-hybridized carbons (Fsp3) is 0.294. The highest BCUT2D eigenvalue weighted by molar-refractivity contribution is 6.29. The van der Waals surface area contributed by atoms with Crippen molar-refractivity contribution in [3.63, 3.8) is 0 Å². The van der Waals surface area contributed by atoms with Gasteiger partial charge in [0.05, 0.1) is 12.1 Å². The van der Waals surface area contributed by atoms with Gasteiger partial charge in [0.2, 0.25) is 5.28 Å². The Morgan fingerprint density at radius 1 is 1.11 bits per heavy atom. The minimum Gasteiger partial charge on any atom is -0.327 e. The Morgan fingerprint density at radius 2 is 1.85 bits per heavy atom. The van der Waals surface area contributed by atoms with Crippen LogP contribution in [0.2, 0.25) is 5.28 Å². The standard InChI is InChI=1S/C17H16ClFN6O2/c1-4-24-10-7-5-6-9(19)12(10)20-11(24)8-25-13-14(21-16(25)18)22(2)17(27)23(3)15(13)26/h5-7H,4,8H2,1-3H3. The molecule has 4 aromatic rings. The lowest BCUT2D eigenvalue weighted by molar-refractivity contribution is 0.636. The minimum absolute atomic E-state index is 0.0541. The molecule has 1 aromatic carbocycles. The van der Waals surface area contributed by atoms with Crippen molar-refractivity contribution in [2.45, 2.75) is 20.0 Å².